The number of carbonyl (C=O) groups is 1. The molecular weight excluding hydrogens is 233 g/mol. The lowest BCUT2D eigenvalue weighted by Crippen LogP contribution is -2.50. The lowest BCUT2D eigenvalue weighted by Gasteiger charge is -2.29. The predicted octanol–water partition coefficient (Wildman–Crippen LogP) is -0.472. The molecule has 0 radical (unpaired) electrons. The fourth-order valence-electron chi connectivity index (χ4n) is 0.720. The molecule has 0 aliphatic carbocycles. The largest absolute Gasteiger partial charge is 0.384 e. The summed E-state index contributed by atoms with van der Waals surface area (Å²) >= 11 is 1.62. The maximum Gasteiger partial charge on any atom is 0.221 e. The number of halogens is 1. The van der Waals surface area contributed by atoms with Crippen molar-refractivity contribution in [3.63, 3.8) is 0 Å². The van der Waals surface area contributed by atoms with E-state index in [4.69, 9.17) is 5.11 Å². The minimum atomic E-state index is -0.744. The van der Waals surface area contributed by atoms with Crippen LogP contribution < -0.4 is 5.32 Å². The Kier molecular flexibility index (Phi) is 2.42. The van der Waals surface area contributed by atoms with Gasteiger partial charge in [-0.1, -0.05) is 0 Å². The molecule has 0 amide bonds. The number of rotatable bonds is 2. The number of aliphatic hydroxyl groups excluding tert-OH is 1. The third-order valence-corrected chi connectivity index (χ3v) is 2.13. The van der Waals surface area contributed by atoms with Crippen molar-refractivity contribution in [1.29, 1.82) is 0 Å². The van der Waals surface area contributed by atoms with E-state index in [-0.39, 0.29) is 9.71 Å². The fourth-order valence-corrected chi connectivity index (χ4v) is 1.23. The van der Waals surface area contributed by atoms with Gasteiger partial charge in [-0.3, -0.25) is 4.79 Å². The van der Waals surface area contributed by atoms with Crippen molar-refractivity contribution in [2.45, 2.75) is 6.10 Å². The van der Waals surface area contributed by atoms with Crippen LogP contribution in [0.5, 0.6) is 0 Å². The van der Waals surface area contributed by atoms with Gasteiger partial charge in [0.25, 0.3) is 0 Å². The van der Waals surface area contributed by atoms with E-state index in [1.807, 2.05) is 0 Å². The average molecular weight is 241 g/mol. The highest BCUT2D eigenvalue weighted by Crippen LogP contribution is 2.11. The van der Waals surface area contributed by atoms with Crippen LogP contribution in [0, 0.1) is 5.92 Å². The third-order valence-electron chi connectivity index (χ3n) is 1.49. The minimum absolute atomic E-state index is 0.154. The van der Waals surface area contributed by atoms with Gasteiger partial charge >= 0.3 is 0 Å². The molecule has 1 fully saturated rings. The minimum Gasteiger partial charge on any atom is -0.384 e. The molecule has 3 nitrogen and oxygen atoms in total. The van der Waals surface area contributed by atoms with Crippen molar-refractivity contribution < 1.29 is 9.90 Å². The Morgan fingerprint density at radius 2 is 2.33 bits per heavy atom. The fraction of sp³-hybridized carbons (Fsp3) is 0.800. The van der Waals surface area contributed by atoms with Crippen LogP contribution in [0.1, 0.15) is 0 Å². The molecule has 1 rings (SSSR count). The van der Waals surface area contributed by atoms with E-state index in [0.29, 0.717) is 0 Å². The number of hydrogen-bond donors (Lipinski definition) is 2. The highest BCUT2D eigenvalue weighted by atomic mass is 127. The van der Waals surface area contributed by atoms with Gasteiger partial charge < -0.3 is 10.4 Å². The molecule has 0 aromatic carbocycles. The van der Waals surface area contributed by atoms with Gasteiger partial charge in [0.15, 0.2) is 0 Å². The first kappa shape index (κ1) is 7.43. The van der Waals surface area contributed by atoms with E-state index in [0.717, 1.165) is 13.1 Å². The maximum absolute atomic E-state index is 10.5. The highest BCUT2D eigenvalue weighted by Gasteiger charge is 2.28. The Bertz CT molecular complexity index is 124. The summed E-state index contributed by atoms with van der Waals surface area (Å²) in [5.41, 5.74) is 0. The van der Waals surface area contributed by atoms with Crippen LogP contribution in [0.4, 0.5) is 0 Å². The summed E-state index contributed by atoms with van der Waals surface area (Å²) in [7, 11) is 0. The number of hydrogen-bond acceptors (Lipinski definition) is 3. The Morgan fingerprint density at radius 3 is 2.44 bits per heavy atom. The van der Waals surface area contributed by atoms with E-state index in [1.54, 1.807) is 22.6 Å². The molecule has 1 saturated heterocycles. The molecule has 1 unspecified atom stereocenters. The molecule has 1 atom stereocenters. The van der Waals surface area contributed by atoms with Crippen LogP contribution in [-0.4, -0.2) is 28.1 Å². The summed E-state index contributed by atoms with van der Waals surface area (Å²) in [5.74, 6) is 0.161. The zero-order chi connectivity index (χ0) is 6.85. The standard InChI is InChI=1S/C5H8INO2/c6-5(9)4(8)3-1-7-2-3/h3-4,7-8H,1-2H2. The molecule has 1 aliphatic rings. The lowest BCUT2D eigenvalue weighted by molar-refractivity contribution is -0.119. The molecule has 0 saturated carbocycles. The molecule has 0 aromatic rings. The monoisotopic (exact) mass is 241 g/mol. The van der Waals surface area contributed by atoms with E-state index in [2.05, 4.69) is 5.32 Å². The second-order valence-corrected chi connectivity index (χ2v) is 3.23. The number of carbonyl (C=O) groups excluding carboxylic acids is 1. The van der Waals surface area contributed by atoms with Crippen LogP contribution in [0.3, 0.4) is 0 Å². The van der Waals surface area contributed by atoms with Crippen molar-refractivity contribution in [3.05, 3.63) is 0 Å². The lowest BCUT2D eigenvalue weighted by atomic mass is 9.98. The van der Waals surface area contributed by atoms with Crippen LogP contribution in [0.15, 0.2) is 0 Å². The van der Waals surface area contributed by atoms with Gasteiger partial charge in [0.2, 0.25) is 3.79 Å². The molecule has 4 heteroatoms. The van der Waals surface area contributed by atoms with Crippen molar-refractivity contribution in [2.24, 2.45) is 5.92 Å². The Hall–Kier alpha value is 0.320. The first-order chi connectivity index (χ1) is 4.22. The Labute approximate surface area is 67.0 Å². The zero-order valence-corrected chi connectivity index (χ0v) is 6.96. The molecular formula is C5H8INO2. The normalized spacial score (nSPS) is 22.9. The Morgan fingerprint density at radius 1 is 1.78 bits per heavy atom. The second-order valence-electron chi connectivity index (χ2n) is 2.17. The van der Waals surface area contributed by atoms with Gasteiger partial charge in [0.05, 0.1) is 0 Å². The quantitative estimate of drug-likeness (QED) is 0.507. The van der Waals surface area contributed by atoms with E-state index in [1.165, 1.54) is 0 Å². The average Bonchev–Trinajstić information content (AvgIpc) is 1.60. The van der Waals surface area contributed by atoms with Gasteiger partial charge in [0.1, 0.15) is 6.10 Å². The van der Waals surface area contributed by atoms with Crippen molar-refractivity contribution in [3.8, 4) is 0 Å². The van der Waals surface area contributed by atoms with Gasteiger partial charge in [0, 0.05) is 41.6 Å². The third kappa shape index (κ3) is 1.62. The van der Waals surface area contributed by atoms with Crippen molar-refractivity contribution in [2.75, 3.05) is 13.1 Å². The zero-order valence-electron chi connectivity index (χ0n) is 4.80. The van der Waals surface area contributed by atoms with Crippen LogP contribution in [-0.2, 0) is 4.79 Å². The van der Waals surface area contributed by atoms with Gasteiger partial charge in [-0.2, -0.15) is 0 Å². The van der Waals surface area contributed by atoms with E-state index < -0.39 is 6.10 Å². The highest BCUT2D eigenvalue weighted by molar-refractivity contribution is 14.1. The van der Waals surface area contributed by atoms with E-state index >= 15 is 0 Å². The summed E-state index contributed by atoms with van der Waals surface area (Å²) in [4.78, 5) is 10.5. The SMILES string of the molecule is O=C(I)C(O)C1CNC1. The van der Waals surface area contributed by atoms with Crippen molar-refractivity contribution in [1.82, 2.24) is 5.32 Å². The molecule has 0 aromatic heterocycles. The summed E-state index contributed by atoms with van der Waals surface area (Å²) in [5, 5.41) is 12.0. The first-order valence-corrected chi connectivity index (χ1v) is 3.88. The van der Waals surface area contributed by atoms with Gasteiger partial charge in [-0.25, -0.2) is 0 Å². The van der Waals surface area contributed by atoms with Crippen molar-refractivity contribution >= 4 is 26.4 Å². The van der Waals surface area contributed by atoms with Crippen LogP contribution in [0.2, 0.25) is 0 Å². The molecule has 9 heavy (non-hydrogen) atoms. The topological polar surface area (TPSA) is 49.3 Å². The molecule has 52 valence electrons. The molecule has 2 N–H and O–H groups in total. The molecule has 1 heterocycles. The predicted molar refractivity (Wildman–Crippen MR) is 41.4 cm³/mol. The summed E-state index contributed by atoms with van der Waals surface area (Å²) in [6, 6.07) is 0. The smallest absolute Gasteiger partial charge is 0.221 e. The van der Waals surface area contributed by atoms with Crippen LogP contribution in [0.25, 0.3) is 0 Å². The molecule has 1 aliphatic heterocycles. The first-order valence-electron chi connectivity index (χ1n) is 2.80. The van der Waals surface area contributed by atoms with Crippen LogP contribution >= 0.6 is 22.6 Å². The maximum atomic E-state index is 10.5. The van der Waals surface area contributed by atoms with E-state index in [9.17, 15) is 4.79 Å². The second kappa shape index (κ2) is 2.94. The number of nitrogens with one attached hydrogen (secondary N) is 1. The Balaban J connectivity index is 2.32. The summed E-state index contributed by atoms with van der Waals surface area (Å²) in [6.07, 6.45) is -0.744. The summed E-state index contributed by atoms with van der Waals surface area (Å²) in [6.45, 7) is 1.55. The van der Waals surface area contributed by atoms with Gasteiger partial charge in [-0.05, 0) is 0 Å². The number of aliphatic hydroxyl groups is 1. The molecule has 0 bridgehead atoms. The van der Waals surface area contributed by atoms with Gasteiger partial charge in [-0.15, -0.1) is 0 Å². The summed E-state index contributed by atoms with van der Waals surface area (Å²) < 4.78 is -0.154. The molecule has 0 spiro atoms.